The number of nitrogens with two attached hydrogens (primary N) is 1. The summed E-state index contributed by atoms with van der Waals surface area (Å²) in [7, 11) is 0. The molecule has 0 saturated heterocycles. The van der Waals surface area contributed by atoms with Crippen LogP contribution in [0.15, 0.2) is 67.1 Å². The van der Waals surface area contributed by atoms with Crippen LogP contribution in [0.2, 0.25) is 0 Å². The fourth-order valence-electron chi connectivity index (χ4n) is 2.38. The second-order valence-corrected chi connectivity index (χ2v) is 5.40. The van der Waals surface area contributed by atoms with Crippen molar-refractivity contribution in [1.29, 1.82) is 0 Å². The van der Waals surface area contributed by atoms with Crippen LogP contribution < -0.4 is 5.73 Å². The van der Waals surface area contributed by atoms with Crippen molar-refractivity contribution < 1.29 is 18.1 Å². The molecule has 3 aromatic heterocycles. The van der Waals surface area contributed by atoms with Crippen molar-refractivity contribution in [3.63, 3.8) is 0 Å². The largest absolute Gasteiger partial charge is 0.459 e. The minimum atomic E-state index is 0.122. The molecule has 3 heterocycles. The molecule has 0 aliphatic heterocycles. The number of amidine groups is 1. The smallest absolute Gasteiger partial charge is 0.263 e. The van der Waals surface area contributed by atoms with Gasteiger partial charge in [-0.05, 0) is 31.2 Å². The molecule has 25 heavy (non-hydrogen) atoms. The molecule has 7 heteroatoms. The standard InChI is InChI=1S/C18H15N3O4/c1-11-13(20-18(24-11)15-7-4-8-22-15)10-23-21-17(19)16-9-12-5-2-3-6-14(12)25-16/h2-9H,10H2,1H3,(H2,19,21). The maximum atomic E-state index is 5.92. The zero-order valence-corrected chi connectivity index (χ0v) is 13.4. The number of benzene rings is 1. The van der Waals surface area contributed by atoms with Gasteiger partial charge in [-0.25, -0.2) is 4.98 Å². The molecule has 0 aliphatic carbocycles. The van der Waals surface area contributed by atoms with Crippen LogP contribution in [0.25, 0.3) is 22.6 Å². The SMILES string of the molecule is Cc1oc(-c2ccco2)nc1CO/N=C(/N)c1cc2ccccc2o1. The number of fused-ring (bicyclic) bond motifs is 1. The third-order valence-corrected chi connectivity index (χ3v) is 3.67. The van der Waals surface area contributed by atoms with Gasteiger partial charge in [-0.15, -0.1) is 0 Å². The maximum Gasteiger partial charge on any atom is 0.263 e. The Labute approximate surface area is 142 Å². The van der Waals surface area contributed by atoms with Crippen LogP contribution in [0.3, 0.4) is 0 Å². The number of nitrogens with zero attached hydrogens (tertiary/aromatic N) is 2. The van der Waals surface area contributed by atoms with Crippen LogP contribution in [-0.4, -0.2) is 10.8 Å². The molecular weight excluding hydrogens is 322 g/mol. The van der Waals surface area contributed by atoms with E-state index in [1.807, 2.05) is 30.3 Å². The van der Waals surface area contributed by atoms with E-state index in [0.29, 0.717) is 28.9 Å². The van der Waals surface area contributed by atoms with E-state index in [-0.39, 0.29) is 12.4 Å². The Morgan fingerprint density at radius 3 is 2.88 bits per heavy atom. The molecule has 0 fully saturated rings. The summed E-state index contributed by atoms with van der Waals surface area (Å²) in [4.78, 5) is 9.63. The van der Waals surface area contributed by atoms with Crippen molar-refractivity contribution in [2.75, 3.05) is 0 Å². The van der Waals surface area contributed by atoms with Gasteiger partial charge in [0, 0.05) is 5.39 Å². The number of para-hydroxylation sites is 1. The molecule has 0 amide bonds. The minimum Gasteiger partial charge on any atom is -0.459 e. The van der Waals surface area contributed by atoms with Crippen molar-refractivity contribution in [3.05, 3.63) is 65.9 Å². The van der Waals surface area contributed by atoms with Crippen molar-refractivity contribution in [3.8, 4) is 11.7 Å². The lowest BCUT2D eigenvalue weighted by molar-refractivity contribution is 0.126. The van der Waals surface area contributed by atoms with Crippen molar-refractivity contribution in [1.82, 2.24) is 4.98 Å². The van der Waals surface area contributed by atoms with Crippen LogP contribution in [-0.2, 0) is 11.4 Å². The Morgan fingerprint density at radius 2 is 2.08 bits per heavy atom. The summed E-state index contributed by atoms with van der Waals surface area (Å²) in [6, 6.07) is 13.0. The van der Waals surface area contributed by atoms with Crippen LogP contribution in [0.5, 0.6) is 0 Å². The molecule has 4 rings (SSSR count). The van der Waals surface area contributed by atoms with Gasteiger partial charge in [-0.3, -0.25) is 0 Å². The van der Waals surface area contributed by atoms with E-state index in [0.717, 1.165) is 11.0 Å². The van der Waals surface area contributed by atoms with Gasteiger partial charge in [0.2, 0.25) is 5.84 Å². The fraction of sp³-hybridized carbons (Fsp3) is 0.111. The van der Waals surface area contributed by atoms with E-state index in [2.05, 4.69) is 10.1 Å². The van der Waals surface area contributed by atoms with Crippen LogP contribution in [0.4, 0.5) is 0 Å². The highest BCUT2D eigenvalue weighted by molar-refractivity contribution is 5.98. The average molecular weight is 337 g/mol. The van der Waals surface area contributed by atoms with Gasteiger partial charge < -0.3 is 23.8 Å². The molecule has 0 aliphatic rings. The van der Waals surface area contributed by atoms with Crippen molar-refractivity contribution in [2.24, 2.45) is 10.9 Å². The van der Waals surface area contributed by atoms with Gasteiger partial charge in [-0.1, -0.05) is 23.4 Å². The zero-order valence-electron chi connectivity index (χ0n) is 13.4. The molecule has 0 bridgehead atoms. The lowest BCUT2D eigenvalue weighted by Gasteiger charge is -1.98. The predicted octanol–water partition coefficient (Wildman–Crippen LogP) is 3.83. The van der Waals surface area contributed by atoms with Gasteiger partial charge in [0.25, 0.3) is 5.89 Å². The molecule has 1 aromatic carbocycles. The van der Waals surface area contributed by atoms with Gasteiger partial charge >= 0.3 is 0 Å². The molecule has 7 nitrogen and oxygen atoms in total. The Kier molecular flexibility index (Phi) is 3.74. The third kappa shape index (κ3) is 2.99. The topological polar surface area (TPSA) is 99.9 Å². The van der Waals surface area contributed by atoms with E-state index in [4.69, 9.17) is 23.8 Å². The number of oxazole rings is 1. The normalized spacial score (nSPS) is 12.0. The second-order valence-electron chi connectivity index (χ2n) is 5.40. The van der Waals surface area contributed by atoms with Crippen LogP contribution in [0, 0.1) is 6.92 Å². The summed E-state index contributed by atoms with van der Waals surface area (Å²) < 4.78 is 16.4. The summed E-state index contributed by atoms with van der Waals surface area (Å²) in [5.41, 5.74) is 7.28. The number of rotatable bonds is 5. The van der Waals surface area contributed by atoms with E-state index in [1.54, 1.807) is 25.3 Å². The molecular formula is C18H15N3O4. The first kappa shape index (κ1) is 15.1. The van der Waals surface area contributed by atoms with Gasteiger partial charge in [-0.2, -0.15) is 0 Å². The Hall–Kier alpha value is -3.48. The molecule has 4 aromatic rings. The van der Waals surface area contributed by atoms with Gasteiger partial charge in [0.05, 0.1) is 6.26 Å². The van der Waals surface area contributed by atoms with Gasteiger partial charge in [0.15, 0.2) is 18.1 Å². The summed E-state index contributed by atoms with van der Waals surface area (Å²) >= 11 is 0. The molecule has 0 radical (unpaired) electrons. The third-order valence-electron chi connectivity index (χ3n) is 3.67. The van der Waals surface area contributed by atoms with E-state index in [9.17, 15) is 0 Å². The highest BCUT2D eigenvalue weighted by atomic mass is 16.6. The summed E-state index contributed by atoms with van der Waals surface area (Å²) in [5, 5.41) is 4.84. The number of oxime groups is 1. The lowest BCUT2D eigenvalue weighted by atomic mass is 10.2. The predicted molar refractivity (Wildman–Crippen MR) is 90.7 cm³/mol. The quantitative estimate of drug-likeness (QED) is 0.337. The highest BCUT2D eigenvalue weighted by Gasteiger charge is 2.14. The van der Waals surface area contributed by atoms with Crippen molar-refractivity contribution in [2.45, 2.75) is 13.5 Å². The first-order chi connectivity index (χ1) is 12.2. The second kappa shape index (κ2) is 6.20. The van der Waals surface area contributed by atoms with E-state index < -0.39 is 0 Å². The Morgan fingerprint density at radius 1 is 1.20 bits per heavy atom. The number of hydrogen-bond donors (Lipinski definition) is 1. The van der Waals surface area contributed by atoms with Crippen LogP contribution >= 0.6 is 0 Å². The number of furan rings is 2. The molecule has 126 valence electrons. The molecule has 0 atom stereocenters. The van der Waals surface area contributed by atoms with Crippen LogP contribution in [0.1, 0.15) is 17.2 Å². The first-order valence-corrected chi connectivity index (χ1v) is 7.65. The van der Waals surface area contributed by atoms with Crippen molar-refractivity contribution >= 4 is 16.8 Å². The molecule has 2 N–H and O–H groups in total. The minimum absolute atomic E-state index is 0.122. The monoisotopic (exact) mass is 337 g/mol. The van der Waals surface area contributed by atoms with E-state index in [1.165, 1.54) is 0 Å². The van der Waals surface area contributed by atoms with E-state index >= 15 is 0 Å². The fourth-order valence-corrected chi connectivity index (χ4v) is 2.38. The molecule has 0 unspecified atom stereocenters. The summed E-state index contributed by atoms with van der Waals surface area (Å²) in [6.07, 6.45) is 1.56. The number of aryl methyl sites for hydroxylation is 1. The molecule has 0 spiro atoms. The zero-order chi connectivity index (χ0) is 17.2. The lowest BCUT2D eigenvalue weighted by Crippen LogP contribution is -2.12. The maximum absolute atomic E-state index is 5.92. The average Bonchev–Trinajstić information content (AvgIpc) is 3.34. The molecule has 0 saturated carbocycles. The van der Waals surface area contributed by atoms with Gasteiger partial charge in [0.1, 0.15) is 17.0 Å². The first-order valence-electron chi connectivity index (χ1n) is 7.65. The summed E-state index contributed by atoms with van der Waals surface area (Å²) in [6.45, 7) is 1.92. The number of aromatic nitrogens is 1. The Bertz CT molecular complexity index is 995. The summed E-state index contributed by atoms with van der Waals surface area (Å²) in [5.74, 6) is 2.19. The highest BCUT2D eigenvalue weighted by Crippen LogP contribution is 2.22. The Balaban J connectivity index is 1.47. The number of hydrogen-bond acceptors (Lipinski definition) is 6.